The standard InChI is InChI=1S/C25H25F5O4/c1-2-3-4-5-14-6-8-15(9-7-14)24(31)33-16-10-18(26)22(19(27)11-16)25(32)34-17-12-20(28)23(30)21(29)13-17/h10-15H,2-9H2,1H3. The van der Waals surface area contributed by atoms with Gasteiger partial charge in [0.1, 0.15) is 28.7 Å². The molecule has 0 atom stereocenters. The first-order valence-corrected chi connectivity index (χ1v) is 11.3. The lowest BCUT2D eigenvalue weighted by Gasteiger charge is -2.27. The van der Waals surface area contributed by atoms with Gasteiger partial charge in [-0.25, -0.2) is 26.7 Å². The van der Waals surface area contributed by atoms with E-state index in [-0.39, 0.29) is 5.92 Å². The highest BCUT2D eigenvalue weighted by molar-refractivity contribution is 5.92. The molecule has 0 aromatic heterocycles. The van der Waals surface area contributed by atoms with Gasteiger partial charge in [0.2, 0.25) is 0 Å². The molecule has 0 amide bonds. The molecule has 0 N–H and O–H groups in total. The molecular formula is C25H25F5O4. The van der Waals surface area contributed by atoms with Crippen molar-refractivity contribution in [2.24, 2.45) is 11.8 Å². The molecule has 0 aliphatic heterocycles. The third kappa shape index (κ3) is 6.33. The second kappa shape index (κ2) is 11.4. The summed E-state index contributed by atoms with van der Waals surface area (Å²) in [4.78, 5) is 24.6. The van der Waals surface area contributed by atoms with Gasteiger partial charge in [-0.2, -0.15) is 0 Å². The highest BCUT2D eigenvalue weighted by Crippen LogP contribution is 2.33. The van der Waals surface area contributed by atoms with Crippen molar-refractivity contribution >= 4 is 11.9 Å². The topological polar surface area (TPSA) is 52.6 Å². The van der Waals surface area contributed by atoms with Crippen LogP contribution in [-0.2, 0) is 4.79 Å². The van der Waals surface area contributed by atoms with Crippen molar-refractivity contribution in [2.75, 3.05) is 0 Å². The summed E-state index contributed by atoms with van der Waals surface area (Å²) in [6.07, 6.45) is 7.67. The number of hydrogen-bond donors (Lipinski definition) is 0. The number of ether oxygens (including phenoxy) is 2. The Kier molecular flexibility index (Phi) is 8.63. The lowest BCUT2D eigenvalue weighted by molar-refractivity contribution is -0.140. The fourth-order valence-corrected chi connectivity index (χ4v) is 4.12. The number of unbranched alkanes of at least 4 members (excludes halogenated alkanes) is 2. The Bertz CT molecular complexity index is 1000. The van der Waals surface area contributed by atoms with Crippen LogP contribution in [0.25, 0.3) is 0 Å². The molecule has 2 aromatic carbocycles. The van der Waals surface area contributed by atoms with E-state index < -0.39 is 58.1 Å². The van der Waals surface area contributed by atoms with Crippen LogP contribution in [0.3, 0.4) is 0 Å². The van der Waals surface area contributed by atoms with E-state index in [0.29, 0.717) is 43.0 Å². The average molecular weight is 484 g/mol. The lowest BCUT2D eigenvalue weighted by atomic mass is 9.80. The monoisotopic (exact) mass is 484 g/mol. The largest absolute Gasteiger partial charge is 0.426 e. The van der Waals surface area contributed by atoms with Crippen molar-refractivity contribution in [1.29, 1.82) is 0 Å². The number of hydrogen-bond acceptors (Lipinski definition) is 4. The second-order valence-electron chi connectivity index (χ2n) is 8.49. The number of carbonyl (C=O) groups excluding carboxylic acids is 2. The van der Waals surface area contributed by atoms with Crippen LogP contribution < -0.4 is 9.47 Å². The predicted molar refractivity (Wildman–Crippen MR) is 113 cm³/mol. The Morgan fingerprint density at radius 2 is 1.32 bits per heavy atom. The van der Waals surface area contributed by atoms with E-state index in [2.05, 4.69) is 11.7 Å². The molecule has 34 heavy (non-hydrogen) atoms. The Hall–Kier alpha value is -2.97. The van der Waals surface area contributed by atoms with Crippen molar-refractivity contribution in [3.05, 3.63) is 58.9 Å². The van der Waals surface area contributed by atoms with Crippen molar-refractivity contribution in [2.45, 2.75) is 58.3 Å². The maximum Gasteiger partial charge on any atom is 0.349 e. The smallest absolute Gasteiger partial charge is 0.349 e. The Balaban J connectivity index is 1.62. The van der Waals surface area contributed by atoms with Gasteiger partial charge in [0.25, 0.3) is 0 Å². The molecule has 1 aliphatic carbocycles. The fourth-order valence-electron chi connectivity index (χ4n) is 4.12. The SMILES string of the molecule is CCCCCC1CCC(C(=O)Oc2cc(F)c(C(=O)Oc3cc(F)c(F)c(F)c3)c(F)c2)CC1. The zero-order valence-corrected chi connectivity index (χ0v) is 18.6. The Morgan fingerprint density at radius 3 is 1.88 bits per heavy atom. The summed E-state index contributed by atoms with van der Waals surface area (Å²) in [6, 6.07) is 2.03. The van der Waals surface area contributed by atoms with Gasteiger partial charge in [-0.3, -0.25) is 4.79 Å². The number of esters is 2. The Labute approximate surface area is 194 Å². The molecule has 9 heteroatoms. The van der Waals surface area contributed by atoms with E-state index in [4.69, 9.17) is 4.74 Å². The van der Waals surface area contributed by atoms with E-state index in [1.165, 1.54) is 6.42 Å². The van der Waals surface area contributed by atoms with Crippen molar-refractivity contribution < 1.29 is 41.0 Å². The van der Waals surface area contributed by atoms with Crippen LogP contribution in [0.4, 0.5) is 22.0 Å². The van der Waals surface area contributed by atoms with Crippen LogP contribution in [0, 0.1) is 40.9 Å². The second-order valence-corrected chi connectivity index (χ2v) is 8.49. The van der Waals surface area contributed by atoms with E-state index in [0.717, 1.165) is 32.1 Å². The molecule has 0 unspecified atom stereocenters. The van der Waals surface area contributed by atoms with Crippen LogP contribution in [0.1, 0.15) is 68.6 Å². The third-order valence-corrected chi connectivity index (χ3v) is 6.00. The highest BCUT2D eigenvalue weighted by atomic mass is 19.2. The number of halogens is 5. The van der Waals surface area contributed by atoms with Gasteiger partial charge < -0.3 is 9.47 Å². The van der Waals surface area contributed by atoms with Gasteiger partial charge in [-0.05, 0) is 31.6 Å². The van der Waals surface area contributed by atoms with E-state index in [1.54, 1.807) is 0 Å². The third-order valence-electron chi connectivity index (χ3n) is 6.00. The minimum absolute atomic E-state index is 0.362. The number of rotatable bonds is 8. The van der Waals surface area contributed by atoms with Gasteiger partial charge in [-0.15, -0.1) is 0 Å². The molecule has 1 saturated carbocycles. The van der Waals surface area contributed by atoms with E-state index >= 15 is 0 Å². The summed E-state index contributed by atoms with van der Waals surface area (Å²) in [5, 5.41) is 0. The molecular weight excluding hydrogens is 459 g/mol. The first-order valence-electron chi connectivity index (χ1n) is 11.3. The van der Waals surface area contributed by atoms with Gasteiger partial charge >= 0.3 is 11.9 Å². The Morgan fingerprint density at radius 1 is 0.794 bits per heavy atom. The quantitative estimate of drug-likeness (QED) is 0.135. The summed E-state index contributed by atoms with van der Waals surface area (Å²) in [5.74, 6) is -11.0. The fraction of sp³-hybridized carbons (Fsp3) is 0.440. The normalized spacial score (nSPS) is 17.9. The summed E-state index contributed by atoms with van der Waals surface area (Å²) in [7, 11) is 0. The zero-order chi connectivity index (χ0) is 24.8. The molecule has 1 aliphatic rings. The first-order chi connectivity index (χ1) is 16.2. The van der Waals surface area contributed by atoms with Crippen LogP contribution in [0.5, 0.6) is 11.5 Å². The molecule has 3 rings (SSSR count). The van der Waals surface area contributed by atoms with E-state index in [9.17, 15) is 31.5 Å². The zero-order valence-electron chi connectivity index (χ0n) is 18.6. The first kappa shape index (κ1) is 25.6. The molecule has 0 spiro atoms. The van der Waals surface area contributed by atoms with Gasteiger partial charge in [0.15, 0.2) is 17.5 Å². The minimum Gasteiger partial charge on any atom is -0.426 e. The minimum atomic E-state index is -1.78. The van der Waals surface area contributed by atoms with Gasteiger partial charge in [-0.1, -0.05) is 32.6 Å². The summed E-state index contributed by atoms with van der Waals surface area (Å²) in [6.45, 7) is 2.14. The molecule has 184 valence electrons. The summed E-state index contributed by atoms with van der Waals surface area (Å²) >= 11 is 0. The molecule has 2 aromatic rings. The van der Waals surface area contributed by atoms with Crippen molar-refractivity contribution in [1.82, 2.24) is 0 Å². The number of benzene rings is 2. The predicted octanol–water partition coefficient (Wildman–Crippen LogP) is 6.89. The van der Waals surface area contributed by atoms with Gasteiger partial charge in [0.05, 0.1) is 5.92 Å². The summed E-state index contributed by atoms with van der Waals surface area (Å²) < 4.78 is 78.1. The van der Waals surface area contributed by atoms with Crippen molar-refractivity contribution in [3.63, 3.8) is 0 Å². The van der Waals surface area contributed by atoms with Crippen LogP contribution in [0.2, 0.25) is 0 Å². The molecule has 0 bridgehead atoms. The molecule has 0 saturated heterocycles. The van der Waals surface area contributed by atoms with E-state index in [1.807, 2.05) is 0 Å². The highest BCUT2D eigenvalue weighted by Gasteiger charge is 2.29. The molecule has 0 heterocycles. The maximum absolute atomic E-state index is 14.4. The van der Waals surface area contributed by atoms with Crippen LogP contribution in [0.15, 0.2) is 24.3 Å². The maximum atomic E-state index is 14.4. The lowest BCUT2D eigenvalue weighted by Crippen LogP contribution is -2.26. The average Bonchev–Trinajstić information content (AvgIpc) is 2.77. The molecule has 1 fully saturated rings. The van der Waals surface area contributed by atoms with Crippen LogP contribution >= 0.6 is 0 Å². The molecule has 0 radical (unpaired) electrons. The number of carbonyl (C=O) groups is 2. The molecule has 4 nitrogen and oxygen atoms in total. The van der Waals surface area contributed by atoms with Crippen LogP contribution in [-0.4, -0.2) is 11.9 Å². The van der Waals surface area contributed by atoms with Gasteiger partial charge in [0, 0.05) is 24.3 Å². The summed E-state index contributed by atoms with van der Waals surface area (Å²) in [5.41, 5.74) is -1.16. The van der Waals surface area contributed by atoms with Crippen molar-refractivity contribution in [3.8, 4) is 11.5 Å².